The minimum Gasteiger partial charge on any atom is -0.487 e. The normalized spacial score (nSPS) is 17.4. The highest BCUT2D eigenvalue weighted by atomic mass is 16.5. The number of ether oxygens (including phenoxy) is 3. The molecule has 104 valence electrons. The van der Waals surface area contributed by atoms with Crippen LogP contribution >= 0.6 is 0 Å². The van der Waals surface area contributed by atoms with Crippen LogP contribution in [0.4, 0.5) is 0 Å². The van der Waals surface area contributed by atoms with Crippen molar-refractivity contribution in [1.29, 1.82) is 0 Å². The first kappa shape index (κ1) is 13.9. The number of hydrogen-bond acceptors (Lipinski definition) is 5. The van der Waals surface area contributed by atoms with Crippen molar-refractivity contribution in [1.82, 2.24) is 0 Å². The minimum absolute atomic E-state index is 0.167. The third kappa shape index (κ3) is 2.71. The number of hydrogen-bond donors (Lipinski definition) is 0. The summed E-state index contributed by atoms with van der Waals surface area (Å²) in [5, 5.41) is 0. The molecule has 0 bridgehead atoms. The molecular weight excluding hydrogens is 260 g/mol. The zero-order valence-electron chi connectivity index (χ0n) is 11.2. The van der Waals surface area contributed by atoms with Crippen molar-refractivity contribution in [2.45, 2.75) is 6.10 Å². The standard InChI is InChI=1S/C15H14O5/c1-18-14(16)11-8-12(15(17)19-2)13(20-9-11)10-6-4-3-5-7-10/h3-9,13H,1-2H3. The molecule has 0 saturated carbocycles. The van der Waals surface area contributed by atoms with Gasteiger partial charge in [-0.15, -0.1) is 0 Å². The number of methoxy groups -OCH3 is 2. The van der Waals surface area contributed by atoms with E-state index < -0.39 is 18.0 Å². The number of esters is 2. The fraction of sp³-hybridized carbons (Fsp3) is 0.200. The van der Waals surface area contributed by atoms with Gasteiger partial charge in [-0.1, -0.05) is 30.3 Å². The lowest BCUT2D eigenvalue weighted by Crippen LogP contribution is -2.19. The van der Waals surface area contributed by atoms with Gasteiger partial charge in [-0.05, 0) is 11.6 Å². The fourth-order valence-electron chi connectivity index (χ4n) is 1.89. The molecular formula is C15H14O5. The van der Waals surface area contributed by atoms with Gasteiger partial charge >= 0.3 is 11.9 Å². The second-order valence-corrected chi connectivity index (χ2v) is 4.08. The van der Waals surface area contributed by atoms with Crippen LogP contribution in [0.2, 0.25) is 0 Å². The quantitative estimate of drug-likeness (QED) is 0.788. The van der Waals surface area contributed by atoms with Gasteiger partial charge in [0.05, 0.1) is 31.6 Å². The highest BCUT2D eigenvalue weighted by Crippen LogP contribution is 2.31. The second-order valence-electron chi connectivity index (χ2n) is 4.08. The Balaban J connectivity index is 2.37. The predicted molar refractivity (Wildman–Crippen MR) is 70.5 cm³/mol. The van der Waals surface area contributed by atoms with Gasteiger partial charge in [-0.25, -0.2) is 9.59 Å². The molecule has 5 nitrogen and oxygen atoms in total. The van der Waals surface area contributed by atoms with Crippen LogP contribution in [0.5, 0.6) is 0 Å². The van der Waals surface area contributed by atoms with E-state index in [1.807, 2.05) is 30.3 Å². The monoisotopic (exact) mass is 274 g/mol. The lowest BCUT2D eigenvalue weighted by Gasteiger charge is -2.23. The largest absolute Gasteiger partial charge is 0.487 e. The average Bonchev–Trinajstić information content (AvgIpc) is 2.53. The molecule has 2 rings (SSSR count). The first-order valence-corrected chi connectivity index (χ1v) is 5.96. The molecule has 0 spiro atoms. The van der Waals surface area contributed by atoms with Crippen molar-refractivity contribution in [2.75, 3.05) is 14.2 Å². The summed E-state index contributed by atoms with van der Waals surface area (Å²) in [6, 6.07) is 9.21. The van der Waals surface area contributed by atoms with E-state index in [0.717, 1.165) is 5.56 Å². The third-order valence-electron chi connectivity index (χ3n) is 2.87. The molecule has 1 atom stereocenters. The number of carbonyl (C=O) groups excluding carboxylic acids is 2. The molecule has 20 heavy (non-hydrogen) atoms. The summed E-state index contributed by atoms with van der Waals surface area (Å²) in [5.74, 6) is -1.12. The van der Waals surface area contributed by atoms with Gasteiger partial charge in [-0.3, -0.25) is 0 Å². The summed E-state index contributed by atoms with van der Waals surface area (Å²) in [6.07, 6.45) is 2.12. The summed E-state index contributed by atoms with van der Waals surface area (Å²) in [4.78, 5) is 23.4. The molecule has 0 amide bonds. The topological polar surface area (TPSA) is 61.8 Å². The van der Waals surface area contributed by atoms with E-state index in [4.69, 9.17) is 9.47 Å². The van der Waals surface area contributed by atoms with Gasteiger partial charge < -0.3 is 14.2 Å². The number of carbonyl (C=O) groups is 2. The van der Waals surface area contributed by atoms with Gasteiger partial charge in [0, 0.05) is 0 Å². The summed E-state index contributed by atoms with van der Waals surface area (Å²) >= 11 is 0. The summed E-state index contributed by atoms with van der Waals surface area (Å²) < 4.78 is 14.8. The van der Waals surface area contributed by atoms with E-state index >= 15 is 0 Å². The SMILES string of the molecule is COC(=O)C1=COC(c2ccccc2)C(C(=O)OC)=C1. The average molecular weight is 274 g/mol. The Morgan fingerprint density at radius 3 is 2.30 bits per heavy atom. The van der Waals surface area contributed by atoms with E-state index in [9.17, 15) is 9.59 Å². The Morgan fingerprint density at radius 1 is 1.05 bits per heavy atom. The maximum Gasteiger partial charge on any atom is 0.341 e. The zero-order chi connectivity index (χ0) is 14.5. The van der Waals surface area contributed by atoms with Crippen LogP contribution in [-0.4, -0.2) is 26.2 Å². The summed E-state index contributed by atoms with van der Waals surface area (Å²) in [6.45, 7) is 0. The smallest absolute Gasteiger partial charge is 0.341 e. The van der Waals surface area contributed by atoms with Crippen molar-refractivity contribution in [3.8, 4) is 0 Å². The van der Waals surface area contributed by atoms with Crippen molar-refractivity contribution in [3.05, 3.63) is 59.4 Å². The summed E-state index contributed by atoms with van der Waals surface area (Å²) in [7, 11) is 2.54. The Labute approximate surface area is 116 Å². The van der Waals surface area contributed by atoms with Crippen LogP contribution in [0.3, 0.4) is 0 Å². The lowest BCUT2D eigenvalue weighted by molar-refractivity contribution is -0.137. The fourth-order valence-corrected chi connectivity index (χ4v) is 1.89. The van der Waals surface area contributed by atoms with E-state index in [0.29, 0.717) is 0 Å². The van der Waals surface area contributed by atoms with Crippen molar-refractivity contribution in [3.63, 3.8) is 0 Å². The first-order valence-electron chi connectivity index (χ1n) is 5.96. The Hall–Kier alpha value is -2.56. The van der Waals surface area contributed by atoms with E-state index in [-0.39, 0.29) is 11.1 Å². The minimum atomic E-state index is -0.600. The molecule has 1 aromatic carbocycles. The van der Waals surface area contributed by atoms with Crippen molar-refractivity contribution in [2.24, 2.45) is 0 Å². The highest BCUT2D eigenvalue weighted by Gasteiger charge is 2.29. The first-order chi connectivity index (χ1) is 9.67. The Bertz CT molecular complexity index is 571. The Kier molecular flexibility index (Phi) is 4.20. The molecule has 1 aliphatic rings. The van der Waals surface area contributed by atoms with E-state index in [1.165, 1.54) is 26.6 Å². The number of benzene rings is 1. The molecule has 1 heterocycles. The van der Waals surface area contributed by atoms with Crippen LogP contribution in [-0.2, 0) is 23.8 Å². The number of rotatable bonds is 3. The molecule has 1 aromatic rings. The molecule has 1 aliphatic heterocycles. The second kappa shape index (κ2) is 6.06. The van der Waals surface area contributed by atoms with Crippen molar-refractivity contribution >= 4 is 11.9 Å². The van der Waals surface area contributed by atoms with Crippen LogP contribution in [0.15, 0.2) is 53.8 Å². The summed E-state index contributed by atoms with van der Waals surface area (Å²) in [5.41, 5.74) is 1.21. The maximum absolute atomic E-state index is 11.9. The molecule has 0 saturated heterocycles. The highest BCUT2D eigenvalue weighted by molar-refractivity contribution is 5.97. The van der Waals surface area contributed by atoms with Gasteiger partial charge in [0.25, 0.3) is 0 Å². The van der Waals surface area contributed by atoms with Crippen molar-refractivity contribution < 1.29 is 23.8 Å². The van der Waals surface area contributed by atoms with Crippen LogP contribution in [0, 0.1) is 0 Å². The molecule has 0 aliphatic carbocycles. The molecule has 1 unspecified atom stereocenters. The van der Waals surface area contributed by atoms with Gasteiger partial charge in [0.1, 0.15) is 0 Å². The third-order valence-corrected chi connectivity index (χ3v) is 2.87. The van der Waals surface area contributed by atoms with Gasteiger partial charge in [-0.2, -0.15) is 0 Å². The van der Waals surface area contributed by atoms with Crippen LogP contribution < -0.4 is 0 Å². The molecule has 0 N–H and O–H groups in total. The predicted octanol–water partition coefficient (Wildman–Crippen LogP) is 1.91. The van der Waals surface area contributed by atoms with Gasteiger partial charge in [0.2, 0.25) is 0 Å². The molecule has 5 heteroatoms. The lowest BCUT2D eigenvalue weighted by atomic mass is 9.98. The van der Waals surface area contributed by atoms with E-state index in [1.54, 1.807) is 0 Å². The van der Waals surface area contributed by atoms with Crippen LogP contribution in [0.25, 0.3) is 0 Å². The molecule has 0 radical (unpaired) electrons. The Morgan fingerprint density at radius 2 is 1.70 bits per heavy atom. The maximum atomic E-state index is 11.9. The van der Waals surface area contributed by atoms with Crippen LogP contribution in [0.1, 0.15) is 11.7 Å². The van der Waals surface area contributed by atoms with Gasteiger partial charge in [0.15, 0.2) is 6.10 Å². The molecule has 0 fully saturated rings. The zero-order valence-corrected chi connectivity index (χ0v) is 11.2. The van der Waals surface area contributed by atoms with E-state index in [2.05, 4.69) is 4.74 Å². The molecule has 0 aromatic heterocycles.